The highest BCUT2D eigenvalue weighted by molar-refractivity contribution is 5.94. The van der Waals surface area contributed by atoms with Gasteiger partial charge in [-0.2, -0.15) is 0 Å². The zero-order chi connectivity index (χ0) is 24.4. The SMILES string of the molecule is CCC(C)C(NC(=O)C1CCCN1)C(=O)NC(CCC(N)=O)C(=O)NC(C(=O)O)C(C)O. The first-order valence-corrected chi connectivity index (χ1v) is 10.8. The molecule has 0 bridgehead atoms. The number of carboxylic acid groups (broad SMARTS) is 1. The van der Waals surface area contributed by atoms with E-state index in [1.165, 1.54) is 6.92 Å². The highest BCUT2D eigenvalue weighted by Crippen LogP contribution is 2.12. The van der Waals surface area contributed by atoms with Crippen LogP contribution in [0.25, 0.3) is 0 Å². The molecule has 1 heterocycles. The second-order valence-corrected chi connectivity index (χ2v) is 8.15. The number of amides is 4. The number of carbonyl (C=O) groups is 5. The van der Waals surface area contributed by atoms with Gasteiger partial charge in [-0.15, -0.1) is 0 Å². The third-order valence-corrected chi connectivity index (χ3v) is 5.53. The van der Waals surface area contributed by atoms with Crippen LogP contribution in [0.2, 0.25) is 0 Å². The molecule has 0 aliphatic carbocycles. The summed E-state index contributed by atoms with van der Waals surface area (Å²) in [4.78, 5) is 60.7. The Kier molecular flexibility index (Phi) is 11.1. The number of nitrogens with one attached hydrogen (secondary N) is 4. The molecule has 0 spiro atoms. The maximum atomic E-state index is 13.0. The van der Waals surface area contributed by atoms with Crippen molar-refractivity contribution >= 4 is 29.6 Å². The molecule has 0 saturated carbocycles. The van der Waals surface area contributed by atoms with Gasteiger partial charge in [-0.25, -0.2) is 4.79 Å². The largest absolute Gasteiger partial charge is 0.480 e. The van der Waals surface area contributed by atoms with Gasteiger partial charge in [-0.1, -0.05) is 20.3 Å². The molecule has 0 aromatic carbocycles. The average Bonchev–Trinajstić information content (AvgIpc) is 3.26. The number of hydrogen-bond donors (Lipinski definition) is 7. The summed E-state index contributed by atoms with van der Waals surface area (Å²) in [7, 11) is 0. The number of aliphatic hydroxyl groups is 1. The number of aliphatic carboxylic acids is 1. The quantitative estimate of drug-likeness (QED) is 0.164. The third-order valence-electron chi connectivity index (χ3n) is 5.53. The van der Waals surface area contributed by atoms with E-state index in [4.69, 9.17) is 5.73 Å². The highest BCUT2D eigenvalue weighted by Gasteiger charge is 2.34. The van der Waals surface area contributed by atoms with Crippen LogP contribution in [0.4, 0.5) is 0 Å². The Bertz CT molecular complexity index is 694. The van der Waals surface area contributed by atoms with Crippen molar-refractivity contribution in [3.63, 3.8) is 0 Å². The van der Waals surface area contributed by atoms with Crippen molar-refractivity contribution in [1.29, 1.82) is 0 Å². The summed E-state index contributed by atoms with van der Waals surface area (Å²) in [5.74, 6) is -4.27. The summed E-state index contributed by atoms with van der Waals surface area (Å²) in [6.45, 7) is 5.53. The Balaban J connectivity index is 2.97. The minimum Gasteiger partial charge on any atom is -0.480 e. The molecule has 0 aromatic rings. The standard InChI is InChI=1S/C20H35N5O7/c1-4-10(2)15(24-17(28)12-6-5-9-22-12)19(30)23-13(7-8-14(21)27)18(29)25-16(11(3)26)20(31)32/h10-13,15-16,22,26H,4-9H2,1-3H3,(H2,21,27)(H,23,30)(H,24,28)(H,25,29)(H,31,32). The number of aliphatic hydroxyl groups excluding tert-OH is 1. The molecule has 12 nitrogen and oxygen atoms in total. The fourth-order valence-corrected chi connectivity index (χ4v) is 3.32. The van der Waals surface area contributed by atoms with Crippen molar-refractivity contribution < 1.29 is 34.2 Å². The molecular weight excluding hydrogens is 422 g/mol. The fraction of sp³-hybridized carbons (Fsp3) is 0.750. The topological polar surface area (TPSA) is 200 Å². The van der Waals surface area contributed by atoms with E-state index >= 15 is 0 Å². The second kappa shape index (κ2) is 13.0. The van der Waals surface area contributed by atoms with E-state index in [9.17, 15) is 34.2 Å². The van der Waals surface area contributed by atoms with Gasteiger partial charge >= 0.3 is 5.97 Å². The van der Waals surface area contributed by atoms with Crippen LogP contribution in [-0.2, 0) is 24.0 Å². The number of carboxylic acids is 1. The minimum absolute atomic E-state index is 0.176. The Morgan fingerprint density at radius 2 is 1.72 bits per heavy atom. The Morgan fingerprint density at radius 3 is 2.19 bits per heavy atom. The summed E-state index contributed by atoms with van der Waals surface area (Å²) in [5, 5.41) is 29.2. The van der Waals surface area contributed by atoms with Crippen LogP contribution < -0.4 is 27.0 Å². The van der Waals surface area contributed by atoms with E-state index in [0.717, 1.165) is 6.42 Å². The van der Waals surface area contributed by atoms with Gasteiger partial charge in [0, 0.05) is 6.42 Å². The second-order valence-electron chi connectivity index (χ2n) is 8.15. The molecule has 0 aromatic heterocycles. The van der Waals surface area contributed by atoms with E-state index < -0.39 is 54.0 Å². The molecule has 1 rings (SSSR count). The molecule has 182 valence electrons. The van der Waals surface area contributed by atoms with E-state index in [2.05, 4.69) is 21.3 Å². The lowest BCUT2D eigenvalue weighted by Crippen LogP contribution is -2.59. The van der Waals surface area contributed by atoms with Gasteiger partial charge in [0.15, 0.2) is 6.04 Å². The maximum absolute atomic E-state index is 13.0. The van der Waals surface area contributed by atoms with E-state index in [1.807, 2.05) is 6.92 Å². The van der Waals surface area contributed by atoms with Crippen molar-refractivity contribution in [1.82, 2.24) is 21.3 Å². The number of carbonyl (C=O) groups excluding carboxylic acids is 4. The van der Waals surface area contributed by atoms with Crippen LogP contribution in [0, 0.1) is 5.92 Å². The zero-order valence-electron chi connectivity index (χ0n) is 18.7. The van der Waals surface area contributed by atoms with E-state index in [0.29, 0.717) is 19.4 Å². The molecule has 1 aliphatic rings. The summed E-state index contributed by atoms with van der Waals surface area (Å²) in [6, 6.07) is -4.23. The van der Waals surface area contributed by atoms with Gasteiger partial charge < -0.3 is 37.2 Å². The lowest BCUT2D eigenvalue weighted by Gasteiger charge is -2.28. The lowest BCUT2D eigenvalue weighted by molar-refractivity contribution is -0.145. The normalized spacial score (nSPS) is 20.3. The predicted molar refractivity (Wildman–Crippen MR) is 114 cm³/mol. The first-order chi connectivity index (χ1) is 15.0. The molecule has 32 heavy (non-hydrogen) atoms. The van der Waals surface area contributed by atoms with Gasteiger partial charge in [0.1, 0.15) is 12.1 Å². The first kappa shape index (κ1) is 27.3. The van der Waals surface area contributed by atoms with Gasteiger partial charge in [-0.3, -0.25) is 19.2 Å². The Labute approximate surface area is 187 Å². The third kappa shape index (κ3) is 8.42. The van der Waals surface area contributed by atoms with Crippen molar-refractivity contribution in [2.24, 2.45) is 11.7 Å². The number of hydrogen-bond acceptors (Lipinski definition) is 7. The number of nitrogens with two attached hydrogens (primary N) is 1. The van der Waals surface area contributed by atoms with Gasteiger partial charge in [0.05, 0.1) is 12.1 Å². The Morgan fingerprint density at radius 1 is 1.06 bits per heavy atom. The smallest absolute Gasteiger partial charge is 0.328 e. The molecule has 1 fully saturated rings. The summed E-state index contributed by atoms with van der Waals surface area (Å²) < 4.78 is 0. The van der Waals surface area contributed by atoms with E-state index in [1.54, 1.807) is 6.92 Å². The molecule has 4 amide bonds. The molecule has 6 atom stereocenters. The monoisotopic (exact) mass is 457 g/mol. The van der Waals surface area contributed by atoms with Crippen molar-refractivity contribution in [3.8, 4) is 0 Å². The van der Waals surface area contributed by atoms with Crippen molar-refractivity contribution in [3.05, 3.63) is 0 Å². The van der Waals surface area contributed by atoms with Gasteiger partial charge in [-0.05, 0) is 38.6 Å². The minimum atomic E-state index is -1.60. The number of rotatable bonds is 13. The summed E-state index contributed by atoms with van der Waals surface area (Å²) in [6.07, 6.45) is 0.260. The van der Waals surface area contributed by atoms with Gasteiger partial charge in [0.2, 0.25) is 23.6 Å². The fourth-order valence-electron chi connectivity index (χ4n) is 3.32. The zero-order valence-corrected chi connectivity index (χ0v) is 18.7. The lowest BCUT2D eigenvalue weighted by atomic mass is 9.97. The van der Waals surface area contributed by atoms with E-state index in [-0.39, 0.29) is 24.7 Å². The van der Waals surface area contributed by atoms with Crippen LogP contribution in [0.15, 0.2) is 0 Å². The van der Waals surface area contributed by atoms with Gasteiger partial charge in [0.25, 0.3) is 0 Å². The summed E-state index contributed by atoms with van der Waals surface area (Å²) >= 11 is 0. The predicted octanol–water partition coefficient (Wildman–Crippen LogP) is -2.03. The summed E-state index contributed by atoms with van der Waals surface area (Å²) in [5.41, 5.74) is 5.15. The molecule has 1 saturated heterocycles. The molecule has 8 N–H and O–H groups in total. The first-order valence-electron chi connectivity index (χ1n) is 10.8. The number of primary amides is 1. The molecule has 1 aliphatic heterocycles. The van der Waals surface area contributed by atoms with Crippen LogP contribution in [0.3, 0.4) is 0 Å². The van der Waals surface area contributed by atoms with Crippen LogP contribution in [0.5, 0.6) is 0 Å². The van der Waals surface area contributed by atoms with Crippen LogP contribution in [0.1, 0.15) is 52.9 Å². The van der Waals surface area contributed by atoms with Crippen molar-refractivity contribution in [2.45, 2.75) is 83.1 Å². The molecule has 6 unspecified atom stereocenters. The maximum Gasteiger partial charge on any atom is 0.328 e. The van der Waals surface area contributed by atoms with Crippen molar-refractivity contribution in [2.75, 3.05) is 6.54 Å². The average molecular weight is 458 g/mol. The Hall–Kier alpha value is -2.73. The van der Waals surface area contributed by atoms with Crippen LogP contribution in [-0.4, -0.2) is 76.6 Å². The molecule has 12 heteroatoms. The molecule has 0 radical (unpaired) electrons. The molecular formula is C20H35N5O7. The highest BCUT2D eigenvalue weighted by atomic mass is 16.4. The van der Waals surface area contributed by atoms with Crippen LogP contribution >= 0.6 is 0 Å².